The minimum Gasteiger partial charge on any atom is -0.383 e. The molecular formula is C12H17N5O. The average molecular weight is 247 g/mol. The number of piperazine rings is 1. The molecule has 96 valence electrons. The van der Waals surface area contributed by atoms with Crippen molar-refractivity contribution in [2.45, 2.75) is 25.8 Å². The van der Waals surface area contributed by atoms with Gasteiger partial charge in [0.25, 0.3) is 0 Å². The van der Waals surface area contributed by atoms with E-state index >= 15 is 0 Å². The maximum absolute atomic E-state index is 11.6. The zero-order chi connectivity index (χ0) is 12.7. The fourth-order valence-corrected chi connectivity index (χ4v) is 2.83. The summed E-state index contributed by atoms with van der Waals surface area (Å²) in [5, 5.41) is 0. The molecule has 6 nitrogen and oxygen atoms in total. The summed E-state index contributed by atoms with van der Waals surface area (Å²) in [5.74, 6) is 1.73. The van der Waals surface area contributed by atoms with Gasteiger partial charge in [0.15, 0.2) is 0 Å². The van der Waals surface area contributed by atoms with Gasteiger partial charge >= 0.3 is 0 Å². The van der Waals surface area contributed by atoms with E-state index in [4.69, 9.17) is 5.73 Å². The zero-order valence-electron chi connectivity index (χ0n) is 10.5. The molecule has 0 radical (unpaired) electrons. The van der Waals surface area contributed by atoms with Crippen molar-refractivity contribution in [3.05, 3.63) is 11.9 Å². The monoisotopic (exact) mass is 247 g/mol. The number of nitrogens with zero attached hydrogens (tertiary/aromatic N) is 4. The molecule has 0 bridgehead atoms. The number of nitrogen functional groups attached to an aromatic ring is 1. The molecule has 1 aromatic rings. The molecule has 2 fully saturated rings. The van der Waals surface area contributed by atoms with Gasteiger partial charge in [-0.3, -0.25) is 4.79 Å². The molecule has 2 aliphatic rings. The molecule has 2 saturated heterocycles. The normalized spacial score (nSPS) is 23.4. The van der Waals surface area contributed by atoms with Crippen molar-refractivity contribution >= 4 is 17.5 Å². The molecule has 0 spiro atoms. The molecule has 1 atom stereocenters. The van der Waals surface area contributed by atoms with Crippen molar-refractivity contribution in [2.75, 3.05) is 30.3 Å². The van der Waals surface area contributed by atoms with Gasteiger partial charge in [-0.1, -0.05) is 0 Å². The van der Waals surface area contributed by atoms with Crippen molar-refractivity contribution in [1.29, 1.82) is 0 Å². The third kappa shape index (κ3) is 1.68. The van der Waals surface area contributed by atoms with Gasteiger partial charge in [0.05, 0.1) is 0 Å². The van der Waals surface area contributed by atoms with Crippen LogP contribution in [0.1, 0.15) is 18.4 Å². The molecule has 0 saturated carbocycles. The Morgan fingerprint density at radius 3 is 3.06 bits per heavy atom. The maximum Gasteiger partial charge on any atom is 0.223 e. The Labute approximate surface area is 106 Å². The largest absolute Gasteiger partial charge is 0.383 e. The zero-order valence-corrected chi connectivity index (χ0v) is 10.5. The molecule has 18 heavy (non-hydrogen) atoms. The number of nitrogens with two attached hydrogens (primary N) is 1. The number of hydrogen-bond donors (Lipinski definition) is 1. The molecule has 2 aliphatic heterocycles. The lowest BCUT2D eigenvalue weighted by Gasteiger charge is -2.38. The van der Waals surface area contributed by atoms with Crippen LogP contribution in [0.4, 0.5) is 11.6 Å². The first kappa shape index (κ1) is 11.3. The Bertz CT molecular complexity index is 489. The summed E-state index contributed by atoms with van der Waals surface area (Å²) in [5.41, 5.74) is 6.74. The Balaban J connectivity index is 1.83. The van der Waals surface area contributed by atoms with E-state index in [0.29, 0.717) is 24.2 Å². The Morgan fingerprint density at radius 1 is 1.39 bits per heavy atom. The number of hydrogen-bond acceptors (Lipinski definition) is 5. The lowest BCUT2D eigenvalue weighted by Crippen LogP contribution is -2.52. The number of anilines is 2. The van der Waals surface area contributed by atoms with Crippen LogP contribution in [0.2, 0.25) is 0 Å². The Kier molecular flexibility index (Phi) is 2.57. The maximum atomic E-state index is 11.6. The van der Waals surface area contributed by atoms with Crippen LogP contribution < -0.4 is 10.6 Å². The molecule has 1 amide bonds. The quantitative estimate of drug-likeness (QED) is 0.766. The Morgan fingerprint density at radius 2 is 2.22 bits per heavy atom. The summed E-state index contributed by atoms with van der Waals surface area (Å²) in [6, 6.07) is 0.335. The predicted molar refractivity (Wildman–Crippen MR) is 68.1 cm³/mol. The van der Waals surface area contributed by atoms with Gasteiger partial charge in [-0.15, -0.1) is 0 Å². The second-order valence-electron chi connectivity index (χ2n) is 4.93. The highest BCUT2D eigenvalue weighted by atomic mass is 16.2. The standard InChI is InChI=1S/C12H17N5O/c1-8-11(13)14-7-15-12(8)16-4-5-17-9(6-16)2-3-10(17)18/h7,9H,2-6H2,1H3,(H2,13,14,15). The molecule has 3 rings (SSSR count). The van der Waals surface area contributed by atoms with Crippen LogP contribution in [0, 0.1) is 6.92 Å². The molecule has 6 heteroatoms. The minimum atomic E-state index is 0.290. The first-order valence-electron chi connectivity index (χ1n) is 6.28. The fourth-order valence-electron chi connectivity index (χ4n) is 2.83. The first-order chi connectivity index (χ1) is 8.66. The lowest BCUT2D eigenvalue weighted by molar-refractivity contribution is -0.129. The van der Waals surface area contributed by atoms with E-state index in [1.54, 1.807) is 0 Å². The van der Waals surface area contributed by atoms with Crippen LogP contribution in [0.5, 0.6) is 0 Å². The van der Waals surface area contributed by atoms with Gasteiger partial charge in [0, 0.05) is 37.7 Å². The van der Waals surface area contributed by atoms with Crippen LogP contribution in [0.15, 0.2) is 6.33 Å². The number of rotatable bonds is 1. The molecule has 0 aliphatic carbocycles. The summed E-state index contributed by atoms with van der Waals surface area (Å²) in [6.45, 7) is 4.40. The minimum absolute atomic E-state index is 0.290. The molecule has 0 aromatic carbocycles. The molecule has 1 unspecified atom stereocenters. The van der Waals surface area contributed by atoms with Crippen LogP contribution >= 0.6 is 0 Å². The summed E-state index contributed by atoms with van der Waals surface area (Å²) in [4.78, 5) is 24.2. The molecule has 1 aromatic heterocycles. The molecule has 2 N–H and O–H groups in total. The van der Waals surface area contributed by atoms with E-state index in [1.807, 2.05) is 11.8 Å². The molecule has 3 heterocycles. The van der Waals surface area contributed by atoms with Crippen molar-refractivity contribution in [3.63, 3.8) is 0 Å². The van der Waals surface area contributed by atoms with Crippen LogP contribution in [-0.4, -0.2) is 46.5 Å². The van der Waals surface area contributed by atoms with E-state index in [-0.39, 0.29) is 0 Å². The predicted octanol–water partition coefficient (Wildman–Crippen LogP) is 0.178. The first-order valence-corrected chi connectivity index (χ1v) is 6.28. The number of carbonyl (C=O) groups excluding carboxylic acids is 1. The highest BCUT2D eigenvalue weighted by molar-refractivity contribution is 5.79. The van der Waals surface area contributed by atoms with Crippen molar-refractivity contribution < 1.29 is 4.79 Å². The number of carbonyl (C=O) groups is 1. The fraction of sp³-hybridized carbons (Fsp3) is 0.583. The third-order valence-corrected chi connectivity index (χ3v) is 3.89. The van der Waals surface area contributed by atoms with Crippen molar-refractivity contribution in [2.24, 2.45) is 0 Å². The van der Waals surface area contributed by atoms with E-state index < -0.39 is 0 Å². The van der Waals surface area contributed by atoms with E-state index in [0.717, 1.165) is 37.4 Å². The summed E-state index contributed by atoms with van der Waals surface area (Å²) in [7, 11) is 0. The topological polar surface area (TPSA) is 75.3 Å². The van der Waals surface area contributed by atoms with Gasteiger partial charge in [-0.25, -0.2) is 9.97 Å². The highest BCUT2D eigenvalue weighted by Gasteiger charge is 2.36. The second-order valence-corrected chi connectivity index (χ2v) is 4.93. The second kappa shape index (κ2) is 4.12. The van der Waals surface area contributed by atoms with Gasteiger partial charge in [-0.2, -0.15) is 0 Å². The third-order valence-electron chi connectivity index (χ3n) is 3.89. The van der Waals surface area contributed by atoms with Gasteiger partial charge < -0.3 is 15.5 Å². The number of amides is 1. The smallest absolute Gasteiger partial charge is 0.223 e. The van der Waals surface area contributed by atoms with Gasteiger partial charge in [0.1, 0.15) is 18.0 Å². The SMILES string of the molecule is Cc1c(N)ncnc1N1CCN2C(=O)CCC2C1. The van der Waals surface area contributed by atoms with E-state index in [1.165, 1.54) is 6.33 Å². The van der Waals surface area contributed by atoms with E-state index in [2.05, 4.69) is 14.9 Å². The van der Waals surface area contributed by atoms with Crippen LogP contribution in [0.3, 0.4) is 0 Å². The summed E-state index contributed by atoms with van der Waals surface area (Å²) < 4.78 is 0. The van der Waals surface area contributed by atoms with Crippen LogP contribution in [-0.2, 0) is 4.79 Å². The average Bonchev–Trinajstić information content (AvgIpc) is 2.74. The summed E-state index contributed by atoms with van der Waals surface area (Å²) >= 11 is 0. The number of aromatic nitrogens is 2. The van der Waals surface area contributed by atoms with E-state index in [9.17, 15) is 4.79 Å². The molecular weight excluding hydrogens is 230 g/mol. The summed E-state index contributed by atoms with van der Waals surface area (Å²) in [6.07, 6.45) is 3.14. The lowest BCUT2D eigenvalue weighted by atomic mass is 10.1. The van der Waals surface area contributed by atoms with Crippen LogP contribution in [0.25, 0.3) is 0 Å². The number of fused-ring (bicyclic) bond motifs is 1. The van der Waals surface area contributed by atoms with Crippen molar-refractivity contribution in [1.82, 2.24) is 14.9 Å². The Hall–Kier alpha value is -1.85. The van der Waals surface area contributed by atoms with Gasteiger partial charge in [-0.05, 0) is 13.3 Å². The van der Waals surface area contributed by atoms with Crippen molar-refractivity contribution in [3.8, 4) is 0 Å². The van der Waals surface area contributed by atoms with Gasteiger partial charge in [0.2, 0.25) is 5.91 Å². The highest BCUT2D eigenvalue weighted by Crippen LogP contribution is 2.27.